The molecule has 15 heavy (non-hydrogen) atoms. The highest BCUT2D eigenvalue weighted by atomic mass is 16.4. The van der Waals surface area contributed by atoms with E-state index < -0.39 is 36.5 Å². The predicted molar refractivity (Wildman–Crippen MR) is 51.1 cm³/mol. The zero-order chi connectivity index (χ0) is 12.2. The maximum Gasteiger partial charge on any atom is 0.228 e. The molecule has 6 heteroatoms. The first-order chi connectivity index (χ1) is 6.82. The Morgan fingerprint density at radius 3 is 2.00 bits per heavy atom. The smallest absolute Gasteiger partial charge is 0.228 e. The van der Waals surface area contributed by atoms with Crippen molar-refractivity contribution in [1.29, 1.82) is 0 Å². The monoisotopic (exact) mass is 220 g/mol. The van der Waals surface area contributed by atoms with Crippen molar-refractivity contribution in [2.75, 3.05) is 6.61 Å². The Labute approximate surface area is 87.1 Å². The van der Waals surface area contributed by atoms with Crippen molar-refractivity contribution < 1.29 is 30.3 Å². The minimum absolute atomic E-state index is 0.282. The highest BCUT2D eigenvalue weighted by Gasteiger charge is 2.31. The minimum Gasteiger partial charge on any atom is -0.504 e. The van der Waals surface area contributed by atoms with E-state index in [-0.39, 0.29) is 5.57 Å². The lowest BCUT2D eigenvalue weighted by Crippen LogP contribution is -2.44. The van der Waals surface area contributed by atoms with Crippen LogP contribution in [0.4, 0.5) is 0 Å². The zero-order valence-corrected chi connectivity index (χ0v) is 8.58. The Morgan fingerprint density at radius 1 is 1.20 bits per heavy atom. The summed E-state index contributed by atoms with van der Waals surface area (Å²) >= 11 is 0. The number of allylic oxidation sites excluding steroid dienone is 1. The van der Waals surface area contributed by atoms with Crippen molar-refractivity contribution in [3.8, 4) is 0 Å². The van der Waals surface area contributed by atoms with Crippen LogP contribution in [0.5, 0.6) is 0 Å². The lowest BCUT2D eigenvalue weighted by Gasteiger charge is -2.20. The summed E-state index contributed by atoms with van der Waals surface area (Å²) in [5, 5.41) is 45.0. The van der Waals surface area contributed by atoms with Crippen LogP contribution in [0.1, 0.15) is 13.8 Å². The summed E-state index contributed by atoms with van der Waals surface area (Å²) in [5.41, 5.74) is 0.282. The standard InChI is InChI=1S/C9H16O6/c1-4(2)6(12)8(14)9(15)7(13)5(11)3-10/h5,7,9-13,15H,3H2,1-2H3/t5-,7-,9+/m1/s1. The van der Waals surface area contributed by atoms with Gasteiger partial charge in [0.05, 0.1) is 6.61 Å². The second-order valence-corrected chi connectivity index (χ2v) is 3.40. The molecule has 0 aliphatic heterocycles. The Morgan fingerprint density at radius 2 is 1.67 bits per heavy atom. The molecule has 0 amide bonds. The van der Waals surface area contributed by atoms with Crippen LogP contribution in [0, 0.1) is 0 Å². The molecule has 0 saturated heterocycles. The number of rotatable bonds is 5. The molecule has 0 aliphatic rings. The maximum atomic E-state index is 11.2. The molecule has 0 aromatic heterocycles. The molecule has 0 radical (unpaired) electrons. The van der Waals surface area contributed by atoms with Gasteiger partial charge in [-0.15, -0.1) is 0 Å². The van der Waals surface area contributed by atoms with Crippen LogP contribution in [-0.4, -0.2) is 56.2 Å². The highest BCUT2D eigenvalue weighted by molar-refractivity contribution is 5.97. The molecule has 0 rings (SSSR count). The van der Waals surface area contributed by atoms with E-state index in [4.69, 9.17) is 10.2 Å². The topological polar surface area (TPSA) is 118 Å². The molecule has 88 valence electrons. The lowest BCUT2D eigenvalue weighted by molar-refractivity contribution is -0.138. The first-order valence-corrected chi connectivity index (χ1v) is 4.38. The second kappa shape index (κ2) is 5.82. The van der Waals surface area contributed by atoms with Gasteiger partial charge in [0.2, 0.25) is 5.78 Å². The number of Topliss-reactive ketones (excluding diaryl/α,β-unsaturated/α-hetero) is 1. The zero-order valence-electron chi connectivity index (χ0n) is 8.58. The molecule has 0 bridgehead atoms. The molecule has 0 heterocycles. The van der Waals surface area contributed by atoms with Gasteiger partial charge in [-0.05, 0) is 19.4 Å². The number of carbonyl (C=O) groups excluding carboxylic acids is 1. The van der Waals surface area contributed by atoms with Gasteiger partial charge in [-0.25, -0.2) is 0 Å². The Bertz CT molecular complexity index is 255. The SMILES string of the molecule is CC(C)=C(O)C(=O)[C@@H](O)[C@H](O)[C@H](O)CO. The summed E-state index contributed by atoms with van der Waals surface area (Å²) in [7, 11) is 0. The number of ketones is 1. The number of aliphatic hydroxyl groups excluding tert-OH is 5. The molecule has 0 aliphatic carbocycles. The van der Waals surface area contributed by atoms with E-state index in [0.29, 0.717) is 0 Å². The van der Waals surface area contributed by atoms with Crippen LogP contribution in [0.25, 0.3) is 0 Å². The average Bonchev–Trinajstić information content (AvgIpc) is 2.23. The summed E-state index contributed by atoms with van der Waals surface area (Å²) in [6, 6.07) is 0. The molecule has 6 nitrogen and oxygen atoms in total. The minimum atomic E-state index is -1.96. The number of hydrogen-bond donors (Lipinski definition) is 5. The summed E-state index contributed by atoms with van der Waals surface area (Å²) in [5.74, 6) is -1.75. The Balaban J connectivity index is 4.66. The van der Waals surface area contributed by atoms with Crippen molar-refractivity contribution in [3.63, 3.8) is 0 Å². The molecule has 0 fully saturated rings. The Hall–Kier alpha value is -0.950. The molecular formula is C9H16O6. The maximum absolute atomic E-state index is 11.2. The van der Waals surface area contributed by atoms with Crippen LogP contribution in [0.15, 0.2) is 11.3 Å². The first kappa shape index (κ1) is 14.1. The molecule has 0 aromatic rings. The summed E-state index contributed by atoms with van der Waals surface area (Å²) in [6.07, 6.45) is -5.42. The fraction of sp³-hybridized carbons (Fsp3) is 0.667. The highest BCUT2D eigenvalue weighted by Crippen LogP contribution is 2.08. The fourth-order valence-corrected chi connectivity index (χ4v) is 0.860. The van der Waals surface area contributed by atoms with Crippen LogP contribution in [-0.2, 0) is 4.79 Å². The second-order valence-electron chi connectivity index (χ2n) is 3.40. The van der Waals surface area contributed by atoms with Gasteiger partial charge in [-0.1, -0.05) is 0 Å². The van der Waals surface area contributed by atoms with E-state index in [1.807, 2.05) is 0 Å². The van der Waals surface area contributed by atoms with Gasteiger partial charge in [0.1, 0.15) is 18.3 Å². The van der Waals surface area contributed by atoms with E-state index in [9.17, 15) is 20.1 Å². The van der Waals surface area contributed by atoms with Gasteiger partial charge in [0.25, 0.3) is 0 Å². The van der Waals surface area contributed by atoms with Gasteiger partial charge in [0, 0.05) is 0 Å². The normalized spacial score (nSPS) is 16.7. The first-order valence-electron chi connectivity index (χ1n) is 4.38. The van der Waals surface area contributed by atoms with Crippen molar-refractivity contribution in [2.24, 2.45) is 0 Å². The molecule has 0 unspecified atom stereocenters. The molecule has 5 N–H and O–H groups in total. The van der Waals surface area contributed by atoms with Crippen LogP contribution in [0.3, 0.4) is 0 Å². The number of aliphatic hydroxyl groups is 5. The van der Waals surface area contributed by atoms with E-state index in [2.05, 4.69) is 0 Å². The third-order valence-electron chi connectivity index (χ3n) is 1.88. The third kappa shape index (κ3) is 3.60. The summed E-state index contributed by atoms with van der Waals surface area (Å²) < 4.78 is 0. The lowest BCUT2D eigenvalue weighted by atomic mass is 10.0. The number of hydrogen-bond acceptors (Lipinski definition) is 6. The summed E-state index contributed by atoms with van der Waals surface area (Å²) in [4.78, 5) is 11.2. The molecule has 0 aromatic carbocycles. The largest absolute Gasteiger partial charge is 0.504 e. The summed E-state index contributed by atoms with van der Waals surface area (Å²) in [6.45, 7) is 2.12. The van der Waals surface area contributed by atoms with E-state index in [1.165, 1.54) is 13.8 Å². The van der Waals surface area contributed by atoms with Crippen molar-refractivity contribution in [3.05, 3.63) is 11.3 Å². The Kier molecular flexibility index (Phi) is 5.45. The van der Waals surface area contributed by atoms with Crippen LogP contribution in [0.2, 0.25) is 0 Å². The van der Waals surface area contributed by atoms with E-state index >= 15 is 0 Å². The van der Waals surface area contributed by atoms with Gasteiger partial charge in [-0.3, -0.25) is 4.79 Å². The predicted octanol–water partition coefficient (Wildman–Crippen LogP) is -1.52. The molecular weight excluding hydrogens is 204 g/mol. The average molecular weight is 220 g/mol. The molecule has 3 atom stereocenters. The number of carbonyl (C=O) groups is 1. The van der Waals surface area contributed by atoms with E-state index in [1.54, 1.807) is 0 Å². The van der Waals surface area contributed by atoms with Crippen LogP contribution >= 0.6 is 0 Å². The quantitative estimate of drug-likeness (QED) is 0.284. The van der Waals surface area contributed by atoms with Crippen LogP contribution < -0.4 is 0 Å². The van der Waals surface area contributed by atoms with Crippen molar-refractivity contribution in [2.45, 2.75) is 32.2 Å². The van der Waals surface area contributed by atoms with Gasteiger partial charge >= 0.3 is 0 Å². The van der Waals surface area contributed by atoms with Gasteiger partial charge in [-0.2, -0.15) is 0 Å². The van der Waals surface area contributed by atoms with Gasteiger partial charge in [0.15, 0.2) is 5.76 Å². The van der Waals surface area contributed by atoms with E-state index in [0.717, 1.165) is 0 Å². The fourth-order valence-electron chi connectivity index (χ4n) is 0.860. The molecule has 0 spiro atoms. The van der Waals surface area contributed by atoms with Gasteiger partial charge < -0.3 is 25.5 Å². The van der Waals surface area contributed by atoms with Crippen molar-refractivity contribution >= 4 is 5.78 Å². The third-order valence-corrected chi connectivity index (χ3v) is 1.88. The van der Waals surface area contributed by atoms with Crippen molar-refractivity contribution in [1.82, 2.24) is 0 Å². The molecule has 0 saturated carbocycles.